The van der Waals surface area contributed by atoms with Gasteiger partial charge in [0.1, 0.15) is 6.04 Å². The number of hydrogen-bond donors (Lipinski definition) is 2. The number of ketones is 1. The number of halogens is 1. The Labute approximate surface area is 187 Å². The van der Waals surface area contributed by atoms with Crippen LogP contribution in [0.2, 0.25) is 5.02 Å². The molecule has 31 heavy (non-hydrogen) atoms. The van der Waals surface area contributed by atoms with E-state index >= 15 is 0 Å². The minimum Gasteiger partial charge on any atom is -0.352 e. The molecule has 1 aliphatic heterocycles. The molecular weight excluding hydrogens is 418 g/mol. The van der Waals surface area contributed by atoms with Gasteiger partial charge in [0.25, 0.3) is 5.91 Å². The lowest BCUT2D eigenvalue weighted by atomic mass is 9.95. The first-order valence-corrected chi connectivity index (χ1v) is 11.5. The van der Waals surface area contributed by atoms with Crippen LogP contribution in [-0.4, -0.2) is 47.0 Å². The number of nitrogens with zero attached hydrogens (tertiary/aromatic N) is 1. The number of rotatable bonds is 8. The second-order valence-corrected chi connectivity index (χ2v) is 8.76. The van der Waals surface area contributed by atoms with Gasteiger partial charge in [0.2, 0.25) is 17.6 Å². The summed E-state index contributed by atoms with van der Waals surface area (Å²) >= 11 is 5.84. The molecule has 0 aromatic heterocycles. The third kappa shape index (κ3) is 6.79. The fraction of sp³-hybridized carbons (Fsp3) is 0.565. The Morgan fingerprint density at radius 1 is 0.935 bits per heavy atom. The lowest BCUT2D eigenvalue weighted by Gasteiger charge is -2.26. The Balaban J connectivity index is 1.44. The maximum Gasteiger partial charge on any atom is 0.289 e. The summed E-state index contributed by atoms with van der Waals surface area (Å²) in [5, 5.41) is 6.25. The molecule has 1 atom stereocenters. The molecule has 1 aliphatic carbocycles. The lowest BCUT2D eigenvalue weighted by Crippen LogP contribution is -2.49. The maximum atomic E-state index is 12.7. The predicted molar refractivity (Wildman–Crippen MR) is 117 cm³/mol. The molecule has 2 fully saturated rings. The monoisotopic (exact) mass is 447 g/mol. The van der Waals surface area contributed by atoms with Crippen LogP contribution >= 0.6 is 11.6 Å². The number of nitrogens with one attached hydrogen (secondary N) is 2. The van der Waals surface area contributed by atoms with E-state index in [1.807, 2.05) is 12.1 Å². The van der Waals surface area contributed by atoms with E-state index < -0.39 is 17.7 Å². The van der Waals surface area contributed by atoms with Crippen molar-refractivity contribution in [3.63, 3.8) is 0 Å². The fourth-order valence-electron chi connectivity index (χ4n) is 4.25. The standard InChI is InChI=1S/C23H30ClN3O4/c24-17-10-8-16(9-11-17)15-25-20(28)12-13-21(29)27-14-4-7-19(27)22(30)23(31)26-18-5-2-1-3-6-18/h8-11,18-19H,1-7,12-15H2,(H,25,28)(H,26,31)/t19-/m0/s1. The van der Waals surface area contributed by atoms with Gasteiger partial charge in [-0.25, -0.2) is 0 Å². The minimum atomic E-state index is -0.715. The molecule has 0 spiro atoms. The van der Waals surface area contributed by atoms with Crippen LogP contribution < -0.4 is 10.6 Å². The van der Waals surface area contributed by atoms with Crippen LogP contribution in [0.1, 0.15) is 63.4 Å². The van der Waals surface area contributed by atoms with Crippen molar-refractivity contribution in [1.29, 1.82) is 0 Å². The quantitative estimate of drug-likeness (QED) is 0.599. The summed E-state index contributed by atoms with van der Waals surface area (Å²) in [6.45, 7) is 0.800. The van der Waals surface area contributed by atoms with Crippen molar-refractivity contribution < 1.29 is 19.2 Å². The van der Waals surface area contributed by atoms with Crippen molar-refractivity contribution in [3.05, 3.63) is 34.9 Å². The third-order valence-corrected chi connectivity index (χ3v) is 6.26. The summed E-state index contributed by atoms with van der Waals surface area (Å²) in [4.78, 5) is 51.3. The predicted octanol–water partition coefficient (Wildman–Crippen LogP) is 2.75. The van der Waals surface area contributed by atoms with E-state index in [9.17, 15) is 19.2 Å². The number of carbonyl (C=O) groups excluding carboxylic acids is 4. The zero-order chi connectivity index (χ0) is 22.2. The summed E-state index contributed by atoms with van der Waals surface area (Å²) < 4.78 is 0. The molecule has 2 N–H and O–H groups in total. The van der Waals surface area contributed by atoms with Crippen molar-refractivity contribution in [2.24, 2.45) is 0 Å². The average Bonchev–Trinajstić information content (AvgIpc) is 3.27. The number of hydrogen-bond acceptors (Lipinski definition) is 4. The molecule has 3 amide bonds. The highest BCUT2D eigenvalue weighted by atomic mass is 35.5. The molecular formula is C23H30ClN3O4. The molecule has 1 saturated carbocycles. The van der Waals surface area contributed by atoms with Gasteiger partial charge in [-0.05, 0) is 43.4 Å². The fourth-order valence-corrected chi connectivity index (χ4v) is 4.37. The summed E-state index contributed by atoms with van der Waals surface area (Å²) in [6, 6.07) is 6.50. The molecule has 168 valence electrons. The molecule has 1 aromatic rings. The molecule has 1 aromatic carbocycles. The van der Waals surface area contributed by atoms with Crippen LogP contribution in [0.3, 0.4) is 0 Å². The molecule has 8 heteroatoms. The van der Waals surface area contributed by atoms with E-state index in [4.69, 9.17) is 11.6 Å². The number of amides is 3. The summed E-state index contributed by atoms with van der Waals surface area (Å²) in [5.74, 6) is -1.62. The highest BCUT2D eigenvalue weighted by Crippen LogP contribution is 2.21. The molecule has 2 aliphatic rings. The van der Waals surface area contributed by atoms with Crippen molar-refractivity contribution in [3.8, 4) is 0 Å². The SMILES string of the molecule is O=C(CCC(=O)N1CCC[C@H]1C(=O)C(=O)NC1CCCCC1)NCc1ccc(Cl)cc1. The van der Waals surface area contributed by atoms with E-state index in [0.29, 0.717) is 31.0 Å². The molecule has 7 nitrogen and oxygen atoms in total. The second-order valence-electron chi connectivity index (χ2n) is 8.32. The largest absolute Gasteiger partial charge is 0.352 e. The van der Waals surface area contributed by atoms with Gasteiger partial charge < -0.3 is 15.5 Å². The Hall–Kier alpha value is -2.41. The molecule has 0 radical (unpaired) electrons. The van der Waals surface area contributed by atoms with E-state index in [0.717, 1.165) is 31.2 Å². The first-order valence-electron chi connectivity index (χ1n) is 11.1. The van der Waals surface area contributed by atoms with E-state index in [-0.39, 0.29) is 30.7 Å². The molecule has 0 unspecified atom stereocenters. The van der Waals surface area contributed by atoms with Gasteiger partial charge in [0.05, 0.1) is 0 Å². The van der Waals surface area contributed by atoms with Gasteiger partial charge in [-0.15, -0.1) is 0 Å². The molecule has 1 saturated heterocycles. The number of benzene rings is 1. The highest BCUT2D eigenvalue weighted by molar-refractivity contribution is 6.38. The third-order valence-electron chi connectivity index (χ3n) is 6.01. The highest BCUT2D eigenvalue weighted by Gasteiger charge is 2.37. The summed E-state index contributed by atoms with van der Waals surface area (Å²) in [6.07, 6.45) is 6.32. The van der Waals surface area contributed by atoms with Crippen LogP contribution in [0.5, 0.6) is 0 Å². The van der Waals surface area contributed by atoms with Gasteiger partial charge in [0.15, 0.2) is 0 Å². The Bertz CT molecular complexity index is 806. The van der Waals surface area contributed by atoms with Gasteiger partial charge in [0, 0.05) is 37.0 Å². The maximum absolute atomic E-state index is 12.7. The van der Waals surface area contributed by atoms with Gasteiger partial charge in [-0.2, -0.15) is 0 Å². The molecule has 1 heterocycles. The number of Topliss-reactive ketones (excluding diaryl/α,β-unsaturated/α-hetero) is 1. The van der Waals surface area contributed by atoms with Crippen molar-refractivity contribution in [2.45, 2.75) is 76.4 Å². The minimum absolute atomic E-state index is 0.0144. The van der Waals surface area contributed by atoms with Crippen molar-refractivity contribution >= 4 is 35.1 Å². The number of likely N-dealkylation sites (tertiary alicyclic amines) is 1. The van der Waals surface area contributed by atoms with Gasteiger partial charge in [-0.3, -0.25) is 19.2 Å². The second kappa shape index (κ2) is 11.3. The van der Waals surface area contributed by atoms with Crippen molar-refractivity contribution in [1.82, 2.24) is 15.5 Å². The Kier molecular flexibility index (Phi) is 8.46. The molecule has 0 bridgehead atoms. The van der Waals surface area contributed by atoms with E-state index in [1.54, 1.807) is 12.1 Å². The zero-order valence-corrected chi connectivity index (χ0v) is 18.5. The molecule has 3 rings (SSSR count). The van der Waals surface area contributed by atoms with Crippen LogP contribution in [0.15, 0.2) is 24.3 Å². The number of carbonyl (C=O) groups is 4. The zero-order valence-electron chi connectivity index (χ0n) is 17.7. The summed E-state index contributed by atoms with van der Waals surface area (Å²) in [5.41, 5.74) is 0.915. The Morgan fingerprint density at radius 2 is 1.65 bits per heavy atom. The normalized spacial score (nSPS) is 19.1. The van der Waals surface area contributed by atoms with Crippen molar-refractivity contribution in [2.75, 3.05) is 6.54 Å². The van der Waals surface area contributed by atoms with Crippen LogP contribution in [0, 0.1) is 0 Å². The summed E-state index contributed by atoms with van der Waals surface area (Å²) in [7, 11) is 0. The van der Waals surface area contributed by atoms with Gasteiger partial charge >= 0.3 is 0 Å². The Morgan fingerprint density at radius 3 is 2.35 bits per heavy atom. The average molecular weight is 448 g/mol. The van der Waals surface area contributed by atoms with Crippen LogP contribution in [-0.2, 0) is 25.7 Å². The van der Waals surface area contributed by atoms with E-state index in [2.05, 4.69) is 10.6 Å². The topological polar surface area (TPSA) is 95.6 Å². The van der Waals surface area contributed by atoms with E-state index in [1.165, 1.54) is 11.3 Å². The first-order chi connectivity index (χ1) is 14.9. The van der Waals surface area contributed by atoms with Crippen LogP contribution in [0.25, 0.3) is 0 Å². The smallest absolute Gasteiger partial charge is 0.289 e. The van der Waals surface area contributed by atoms with Crippen LogP contribution in [0.4, 0.5) is 0 Å². The lowest BCUT2D eigenvalue weighted by molar-refractivity contribution is -0.145. The first kappa shape index (κ1) is 23.3. The van der Waals surface area contributed by atoms with Gasteiger partial charge in [-0.1, -0.05) is 43.0 Å².